The molecule has 160 valence electrons. The zero-order chi connectivity index (χ0) is 21.7. The van der Waals surface area contributed by atoms with Gasteiger partial charge in [0.05, 0.1) is 17.7 Å². The summed E-state index contributed by atoms with van der Waals surface area (Å²) >= 11 is 0. The molecule has 0 unspecified atom stereocenters. The molecule has 0 bridgehead atoms. The quantitative estimate of drug-likeness (QED) is 0.452. The molecule has 0 amide bonds. The minimum Gasteiger partial charge on any atom is -0.495 e. The Bertz CT molecular complexity index is 1140. The Morgan fingerprint density at radius 2 is 1.39 bits per heavy atom. The molecule has 0 N–H and O–H groups in total. The van der Waals surface area contributed by atoms with Crippen molar-refractivity contribution in [2.45, 2.75) is 4.90 Å². The number of para-hydroxylation sites is 2. The Labute approximate surface area is 183 Å². The number of sulfonamides is 1. The number of rotatable bonds is 5. The van der Waals surface area contributed by atoms with Crippen molar-refractivity contribution in [3.05, 3.63) is 90.5 Å². The Balaban J connectivity index is 1.62. The molecule has 1 saturated heterocycles. The highest BCUT2D eigenvalue weighted by Gasteiger charge is 2.25. The lowest BCUT2D eigenvalue weighted by atomic mass is 10.1. The van der Waals surface area contributed by atoms with Gasteiger partial charge in [0, 0.05) is 31.7 Å². The summed E-state index contributed by atoms with van der Waals surface area (Å²) < 4.78 is 35.7. The standard InChI is InChI=1S/C24H25N3O3S/c1-30-23-15-9-8-14-22(23)26-16-18-27(19-17-26)24(20-10-4-2-5-11-20)25-31(28,29)21-12-6-3-7-13-21/h2-15H,16-19H2,1H3/b25-24+. The van der Waals surface area contributed by atoms with Crippen LogP contribution < -0.4 is 9.64 Å². The van der Waals surface area contributed by atoms with Gasteiger partial charge in [-0.05, 0) is 24.3 Å². The Morgan fingerprint density at radius 1 is 0.806 bits per heavy atom. The van der Waals surface area contributed by atoms with Gasteiger partial charge in [-0.1, -0.05) is 60.7 Å². The third-order valence-corrected chi connectivity index (χ3v) is 6.57. The number of methoxy groups -OCH3 is 1. The molecule has 0 saturated carbocycles. The fraction of sp³-hybridized carbons (Fsp3) is 0.208. The van der Waals surface area contributed by atoms with Crippen molar-refractivity contribution in [2.75, 3.05) is 38.2 Å². The van der Waals surface area contributed by atoms with Crippen LogP contribution in [-0.4, -0.2) is 52.4 Å². The van der Waals surface area contributed by atoms with Gasteiger partial charge in [-0.3, -0.25) is 0 Å². The zero-order valence-corrected chi connectivity index (χ0v) is 18.2. The molecular formula is C24H25N3O3S. The van der Waals surface area contributed by atoms with Crippen molar-refractivity contribution in [3.63, 3.8) is 0 Å². The molecule has 0 aliphatic carbocycles. The van der Waals surface area contributed by atoms with Gasteiger partial charge in [0.1, 0.15) is 11.6 Å². The van der Waals surface area contributed by atoms with Crippen LogP contribution in [0.15, 0.2) is 94.2 Å². The summed E-state index contributed by atoms with van der Waals surface area (Å²) in [6.45, 7) is 2.77. The number of hydrogen-bond donors (Lipinski definition) is 0. The molecule has 0 radical (unpaired) electrons. The van der Waals surface area contributed by atoms with Crippen molar-refractivity contribution < 1.29 is 13.2 Å². The molecule has 3 aromatic carbocycles. The lowest BCUT2D eigenvalue weighted by molar-refractivity contribution is 0.379. The first kappa shape index (κ1) is 20.9. The average molecular weight is 436 g/mol. The van der Waals surface area contributed by atoms with E-state index >= 15 is 0 Å². The average Bonchev–Trinajstić information content (AvgIpc) is 2.84. The zero-order valence-electron chi connectivity index (χ0n) is 17.4. The van der Waals surface area contributed by atoms with Crippen molar-refractivity contribution in [3.8, 4) is 5.75 Å². The van der Waals surface area contributed by atoms with E-state index in [9.17, 15) is 8.42 Å². The maximum absolute atomic E-state index is 13.0. The van der Waals surface area contributed by atoms with Crippen LogP contribution >= 0.6 is 0 Å². The van der Waals surface area contributed by atoms with E-state index in [1.54, 1.807) is 37.4 Å². The van der Waals surface area contributed by atoms with Gasteiger partial charge in [0.15, 0.2) is 0 Å². The van der Waals surface area contributed by atoms with E-state index in [-0.39, 0.29) is 4.90 Å². The second kappa shape index (κ2) is 9.22. The van der Waals surface area contributed by atoms with Gasteiger partial charge in [-0.25, -0.2) is 0 Å². The van der Waals surface area contributed by atoms with Crippen LogP contribution in [0.5, 0.6) is 5.75 Å². The van der Waals surface area contributed by atoms with Crippen LogP contribution in [0.2, 0.25) is 0 Å². The molecule has 0 atom stereocenters. The fourth-order valence-corrected chi connectivity index (χ4v) is 4.74. The van der Waals surface area contributed by atoms with Gasteiger partial charge in [-0.2, -0.15) is 8.42 Å². The first-order chi connectivity index (χ1) is 15.1. The van der Waals surface area contributed by atoms with Crippen molar-refractivity contribution in [1.82, 2.24) is 4.90 Å². The molecule has 1 fully saturated rings. The smallest absolute Gasteiger partial charge is 0.284 e. The fourth-order valence-electron chi connectivity index (χ4n) is 3.69. The van der Waals surface area contributed by atoms with E-state index in [2.05, 4.69) is 9.30 Å². The highest BCUT2D eigenvalue weighted by Crippen LogP contribution is 2.28. The van der Waals surface area contributed by atoms with E-state index in [4.69, 9.17) is 4.74 Å². The second-order valence-electron chi connectivity index (χ2n) is 7.21. The first-order valence-electron chi connectivity index (χ1n) is 10.2. The van der Waals surface area contributed by atoms with E-state index in [1.165, 1.54) is 0 Å². The molecule has 31 heavy (non-hydrogen) atoms. The summed E-state index contributed by atoms with van der Waals surface area (Å²) in [5.74, 6) is 1.31. The van der Waals surface area contributed by atoms with E-state index in [0.29, 0.717) is 18.9 Å². The molecule has 0 aromatic heterocycles. The third-order valence-electron chi connectivity index (χ3n) is 5.28. The van der Waals surface area contributed by atoms with Gasteiger partial charge < -0.3 is 14.5 Å². The van der Waals surface area contributed by atoms with E-state index in [1.807, 2.05) is 59.5 Å². The number of amidine groups is 1. The Kier molecular flexibility index (Phi) is 6.23. The molecule has 1 aliphatic rings. The van der Waals surface area contributed by atoms with Gasteiger partial charge in [0.2, 0.25) is 0 Å². The normalized spacial score (nSPS) is 15.1. The summed E-state index contributed by atoms with van der Waals surface area (Å²) in [6.07, 6.45) is 0. The highest BCUT2D eigenvalue weighted by atomic mass is 32.2. The number of anilines is 1. The maximum atomic E-state index is 13.0. The summed E-state index contributed by atoms with van der Waals surface area (Å²) in [7, 11) is -2.15. The van der Waals surface area contributed by atoms with Crippen LogP contribution in [0, 0.1) is 0 Å². The van der Waals surface area contributed by atoms with E-state index in [0.717, 1.165) is 30.1 Å². The Hall–Kier alpha value is -3.32. The minimum atomic E-state index is -3.82. The highest BCUT2D eigenvalue weighted by molar-refractivity contribution is 7.90. The van der Waals surface area contributed by atoms with Crippen LogP contribution in [0.3, 0.4) is 0 Å². The number of ether oxygens (including phenoxy) is 1. The second-order valence-corrected chi connectivity index (χ2v) is 8.82. The largest absolute Gasteiger partial charge is 0.495 e. The van der Waals surface area contributed by atoms with Crippen LogP contribution in [-0.2, 0) is 10.0 Å². The topological polar surface area (TPSA) is 62.2 Å². The first-order valence-corrected chi connectivity index (χ1v) is 11.6. The Morgan fingerprint density at radius 3 is 2.03 bits per heavy atom. The molecule has 4 rings (SSSR count). The summed E-state index contributed by atoms with van der Waals surface area (Å²) in [5, 5.41) is 0. The van der Waals surface area contributed by atoms with Crippen molar-refractivity contribution in [1.29, 1.82) is 0 Å². The molecule has 1 aliphatic heterocycles. The monoisotopic (exact) mass is 435 g/mol. The summed E-state index contributed by atoms with van der Waals surface area (Å²) in [6, 6.07) is 25.8. The van der Waals surface area contributed by atoms with Gasteiger partial charge in [-0.15, -0.1) is 4.40 Å². The van der Waals surface area contributed by atoms with Crippen LogP contribution in [0.25, 0.3) is 0 Å². The number of nitrogens with zero attached hydrogens (tertiary/aromatic N) is 3. The predicted molar refractivity (Wildman–Crippen MR) is 123 cm³/mol. The van der Waals surface area contributed by atoms with Gasteiger partial charge in [0.25, 0.3) is 10.0 Å². The summed E-state index contributed by atoms with van der Waals surface area (Å²) in [5.41, 5.74) is 1.83. The third kappa shape index (κ3) is 4.72. The maximum Gasteiger partial charge on any atom is 0.284 e. The number of hydrogen-bond acceptors (Lipinski definition) is 4. The minimum absolute atomic E-state index is 0.191. The number of benzene rings is 3. The SMILES string of the molecule is COc1ccccc1N1CCN(/C(=N/S(=O)(=O)c2ccccc2)c2ccccc2)CC1. The number of piperazine rings is 1. The lowest BCUT2D eigenvalue weighted by Gasteiger charge is -2.38. The van der Waals surface area contributed by atoms with Crippen LogP contribution in [0.1, 0.15) is 5.56 Å². The molecule has 3 aromatic rings. The van der Waals surface area contributed by atoms with Crippen molar-refractivity contribution in [2.24, 2.45) is 4.40 Å². The van der Waals surface area contributed by atoms with E-state index < -0.39 is 10.0 Å². The van der Waals surface area contributed by atoms with Crippen molar-refractivity contribution >= 4 is 21.5 Å². The molecular weight excluding hydrogens is 410 g/mol. The molecule has 6 nitrogen and oxygen atoms in total. The molecule has 1 heterocycles. The lowest BCUT2D eigenvalue weighted by Crippen LogP contribution is -2.49. The van der Waals surface area contributed by atoms with Gasteiger partial charge >= 0.3 is 0 Å². The van der Waals surface area contributed by atoms with Crippen LogP contribution in [0.4, 0.5) is 5.69 Å². The molecule has 0 spiro atoms. The molecule has 7 heteroatoms. The summed E-state index contributed by atoms with van der Waals surface area (Å²) in [4.78, 5) is 4.49. The predicted octanol–water partition coefficient (Wildman–Crippen LogP) is 3.65.